The summed E-state index contributed by atoms with van der Waals surface area (Å²) in [6, 6.07) is 15.3. The lowest BCUT2D eigenvalue weighted by atomic mass is 10.1. The van der Waals surface area contributed by atoms with Crippen LogP contribution >= 0.6 is 0 Å². The molecule has 0 saturated heterocycles. The van der Waals surface area contributed by atoms with Crippen molar-refractivity contribution in [3.05, 3.63) is 84.4 Å². The van der Waals surface area contributed by atoms with Gasteiger partial charge < -0.3 is 5.73 Å². The van der Waals surface area contributed by atoms with E-state index in [0.717, 1.165) is 16.9 Å². The lowest BCUT2D eigenvalue weighted by Crippen LogP contribution is -2.05. The van der Waals surface area contributed by atoms with Crippen LogP contribution in [0.3, 0.4) is 0 Å². The van der Waals surface area contributed by atoms with Gasteiger partial charge in [0.05, 0.1) is 36.2 Å². The van der Waals surface area contributed by atoms with Crippen molar-refractivity contribution < 1.29 is 4.79 Å². The number of aromatic nitrogens is 6. The summed E-state index contributed by atoms with van der Waals surface area (Å²) in [6.45, 7) is 3.51. The molecule has 8 nitrogen and oxygen atoms in total. The van der Waals surface area contributed by atoms with E-state index in [1.54, 1.807) is 53.2 Å². The number of hydrogen-bond acceptors (Lipinski definition) is 6. The summed E-state index contributed by atoms with van der Waals surface area (Å²) in [4.78, 5) is 11.0. The zero-order chi connectivity index (χ0) is 19.9. The number of hydrogen-bond donors (Lipinski definition) is 1. The summed E-state index contributed by atoms with van der Waals surface area (Å²) in [5.74, 6) is 0.0649. The van der Waals surface area contributed by atoms with Gasteiger partial charge in [-0.05, 0) is 55.8 Å². The summed E-state index contributed by atoms with van der Waals surface area (Å²) in [5, 5.41) is 15.2. The van der Waals surface area contributed by atoms with Gasteiger partial charge in [0.1, 0.15) is 0 Å². The smallest absolute Gasteiger partial charge is 0.159 e. The highest BCUT2D eigenvalue weighted by Crippen LogP contribution is 2.12. The van der Waals surface area contributed by atoms with Gasteiger partial charge in [-0.1, -0.05) is 22.6 Å². The summed E-state index contributed by atoms with van der Waals surface area (Å²) >= 11 is 0. The molecule has 1 unspecified atom stereocenters. The molecule has 4 rings (SSSR count). The van der Waals surface area contributed by atoms with Crippen LogP contribution in [0.4, 0.5) is 0 Å². The molecule has 0 aliphatic heterocycles. The van der Waals surface area contributed by atoms with Gasteiger partial charge in [-0.2, -0.15) is 0 Å². The van der Waals surface area contributed by atoms with Crippen LogP contribution in [0.1, 0.15) is 35.8 Å². The van der Waals surface area contributed by atoms with E-state index in [0.29, 0.717) is 5.56 Å². The van der Waals surface area contributed by atoms with Crippen LogP contribution in [0.5, 0.6) is 0 Å². The molecule has 2 heterocycles. The van der Waals surface area contributed by atoms with Crippen LogP contribution in [0.15, 0.2) is 73.3 Å². The molecule has 0 bridgehead atoms. The van der Waals surface area contributed by atoms with Crippen molar-refractivity contribution in [3.63, 3.8) is 0 Å². The molecule has 0 saturated carbocycles. The minimum Gasteiger partial charge on any atom is -0.324 e. The average molecular weight is 375 g/mol. The van der Waals surface area contributed by atoms with Gasteiger partial charge >= 0.3 is 0 Å². The summed E-state index contributed by atoms with van der Waals surface area (Å²) in [7, 11) is 0. The first kappa shape index (κ1) is 19.1. The first-order chi connectivity index (χ1) is 13.5. The number of benzene rings is 2. The second kappa shape index (κ2) is 8.83. The van der Waals surface area contributed by atoms with Crippen LogP contribution < -0.4 is 5.73 Å². The zero-order valence-corrected chi connectivity index (χ0v) is 15.7. The van der Waals surface area contributed by atoms with Crippen LogP contribution in [-0.2, 0) is 0 Å². The normalized spacial score (nSPS) is 11.4. The molecule has 2 aromatic heterocycles. The minimum absolute atomic E-state index is 0.0649. The van der Waals surface area contributed by atoms with E-state index in [4.69, 9.17) is 5.73 Å². The fourth-order valence-corrected chi connectivity index (χ4v) is 2.47. The Kier molecular flexibility index (Phi) is 6.03. The lowest BCUT2D eigenvalue weighted by Gasteiger charge is -2.06. The second-order valence-corrected chi connectivity index (χ2v) is 6.18. The van der Waals surface area contributed by atoms with Crippen molar-refractivity contribution in [2.75, 3.05) is 0 Å². The highest BCUT2D eigenvalue weighted by molar-refractivity contribution is 5.94. The number of carbonyl (C=O) groups excluding carboxylic acids is 1. The van der Waals surface area contributed by atoms with E-state index >= 15 is 0 Å². The third-order valence-corrected chi connectivity index (χ3v) is 4.07. The molecule has 28 heavy (non-hydrogen) atoms. The monoisotopic (exact) mass is 375 g/mol. The predicted octanol–water partition coefficient (Wildman–Crippen LogP) is 2.76. The molecule has 142 valence electrons. The van der Waals surface area contributed by atoms with Gasteiger partial charge in [0.25, 0.3) is 0 Å². The molecule has 8 heteroatoms. The van der Waals surface area contributed by atoms with Crippen molar-refractivity contribution in [3.8, 4) is 11.4 Å². The van der Waals surface area contributed by atoms with Crippen LogP contribution in [0, 0.1) is 0 Å². The maximum absolute atomic E-state index is 11.0. The van der Waals surface area contributed by atoms with E-state index in [1.165, 1.54) is 0 Å². The standard InChI is InChI=1S/C10H12N4.C10H9N3O/c1-8(11)9-2-4-10(5-3-9)14-7-6-12-13-14;1-8(14)9-2-4-10(5-3-9)13-7-6-11-12-13/h2-8H,11H2,1H3;2-7H,1H3. The van der Waals surface area contributed by atoms with Gasteiger partial charge in [-0.25, -0.2) is 9.36 Å². The number of nitrogens with zero attached hydrogens (tertiary/aromatic N) is 6. The third kappa shape index (κ3) is 4.74. The molecule has 4 aromatic rings. The van der Waals surface area contributed by atoms with Crippen molar-refractivity contribution in [1.82, 2.24) is 30.0 Å². The van der Waals surface area contributed by atoms with Crippen molar-refractivity contribution in [1.29, 1.82) is 0 Å². The van der Waals surface area contributed by atoms with Gasteiger partial charge in [-0.3, -0.25) is 4.79 Å². The molecule has 0 radical (unpaired) electrons. The highest BCUT2D eigenvalue weighted by Gasteiger charge is 2.01. The molecular formula is C20H21N7O. The van der Waals surface area contributed by atoms with Gasteiger partial charge in [0.15, 0.2) is 5.78 Å². The van der Waals surface area contributed by atoms with E-state index in [-0.39, 0.29) is 11.8 Å². The van der Waals surface area contributed by atoms with E-state index in [2.05, 4.69) is 20.6 Å². The average Bonchev–Trinajstić information content (AvgIpc) is 3.43. The number of nitrogens with two attached hydrogens (primary N) is 1. The molecule has 1 atom stereocenters. The zero-order valence-electron chi connectivity index (χ0n) is 15.7. The Morgan fingerprint density at radius 1 is 0.857 bits per heavy atom. The van der Waals surface area contributed by atoms with Crippen LogP contribution in [-0.4, -0.2) is 35.8 Å². The predicted molar refractivity (Wildman–Crippen MR) is 105 cm³/mol. The van der Waals surface area contributed by atoms with Crippen molar-refractivity contribution in [2.24, 2.45) is 5.73 Å². The number of rotatable bonds is 4. The van der Waals surface area contributed by atoms with E-state index in [9.17, 15) is 4.79 Å². The summed E-state index contributed by atoms with van der Waals surface area (Å²) in [5.41, 5.74) is 9.46. The Bertz CT molecular complexity index is 990. The first-order valence-electron chi connectivity index (χ1n) is 8.74. The summed E-state index contributed by atoms with van der Waals surface area (Å²) in [6.07, 6.45) is 6.82. The minimum atomic E-state index is 0.0649. The molecule has 0 aliphatic rings. The maximum atomic E-state index is 11.0. The number of Topliss-reactive ketones (excluding diaryl/α,β-unsaturated/α-hetero) is 1. The topological polar surface area (TPSA) is 105 Å². The van der Waals surface area contributed by atoms with E-state index in [1.807, 2.05) is 43.3 Å². The molecule has 0 fully saturated rings. The Hall–Kier alpha value is -3.65. The fraction of sp³-hybridized carbons (Fsp3) is 0.150. The Morgan fingerprint density at radius 3 is 1.68 bits per heavy atom. The number of ketones is 1. The first-order valence-corrected chi connectivity index (χ1v) is 8.74. The fourth-order valence-electron chi connectivity index (χ4n) is 2.47. The Morgan fingerprint density at radius 2 is 1.32 bits per heavy atom. The largest absolute Gasteiger partial charge is 0.324 e. The highest BCUT2D eigenvalue weighted by atomic mass is 16.1. The Balaban J connectivity index is 0.000000161. The van der Waals surface area contributed by atoms with Crippen LogP contribution in [0.2, 0.25) is 0 Å². The quantitative estimate of drug-likeness (QED) is 0.550. The Labute approximate surface area is 162 Å². The SMILES string of the molecule is CC(=O)c1ccc(-n2ccnn2)cc1.CC(N)c1ccc(-n2ccnn2)cc1. The molecule has 2 N–H and O–H groups in total. The summed E-state index contributed by atoms with van der Waals surface area (Å²) < 4.78 is 3.36. The van der Waals surface area contributed by atoms with Gasteiger partial charge in [0.2, 0.25) is 0 Å². The van der Waals surface area contributed by atoms with Crippen molar-refractivity contribution in [2.45, 2.75) is 19.9 Å². The van der Waals surface area contributed by atoms with Gasteiger partial charge in [0, 0.05) is 11.6 Å². The van der Waals surface area contributed by atoms with Crippen molar-refractivity contribution >= 4 is 5.78 Å². The van der Waals surface area contributed by atoms with Crippen LogP contribution in [0.25, 0.3) is 11.4 Å². The van der Waals surface area contributed by atoms with E-state index < -0.39 is 0 Å². The van der Waals surface area contributed by atoms with Gasteiger partial charge in [-0.15, -0.1) is 10.2 Å². The molecule has 0 spiro atoms. The molecule has 2 aromatic carbocycles. The lowest BCUT2D eigenvalue weighted by molar-refractivity contribution is 0.101. The number of carbonyl (C=O) groups is 1. The molecule has 0 amide bonds. The third-order valence-electron chi connectivity index (χ3n) is 4.07. The molecule has 0 aliphatic carbocycles. The maximum Gasteiger partial charge on any atom is 0.159 e. The second-order valence-electron chi connectivity index (χ2n) is 6.18. The molecular weight excluding hydrogens is 354 g/mol.